The Hall–Kier alpha value is -4.20. The number of anilines is 2. The van der Waals surface area contributed by atoms with Gasteiger partial charge in [-0.05, 0) is 30.3 Å². The molecular formula is C20H18F2N6O3. The number of nitrogens with zero attached hydrogens (tertiary/aromatic N) is 4. The number of guanidine groups is 1. The van der Waals surface area contributed by atoms with Gasteiger partial charge < -0.3 is 26.0 Å². The number of nitriles is 1. The van der Waals surface area contributed by atoms with Gasteiger partial charge in [-0.1, -0.05) is 6.07 Å². The molecule has 2 amide bonds. The van der Waals surface area contributed by atoms with E-state index < -0.39 is 30.3 Å². The van der Waals surface area contributed by atoms with Gasteiger partial charge in [0.2, 0.25) is 5.91 Å². The molecule has 160 valence electrons. The number of aliphatic imine (C=N–C) groups is 1. The summed E-state index contributed by atoms with van der Waals surface area (Å²) in [5.74, 6) is -2.05. The van der Waals surface area contributed by atoms with Gasteiger partial charge in [-0.3, -0.25) is 4.79 Å². The van der Waals surface area contributed by atoms with Gasteiger partial charge in [-0.2, -0.15) is 5.26 Å². The van der Waals surface area contributed by atoms with Crippen LogP contribution < -0.4 is 21.3 Å². The van der Waals surface area contributed by atoms with Crippen LogP contribution in [0.25, 0.3) is 0 Å². The van der Waals surface area contributed by atoms with Crippen molar-refractivity contribution < 1.29 is 23.1 Å². The summed E-state index contributed by atoms with van der Waals surface area (Å²) < 4.78 is 33.1. The van der Waals surface area contributed by atoms with Crippen LogP contribution in [0.1, 0.15) is 11.1 Å². The van der Waals surface area contributed by atoms with E-state index in [2.05, 4.69) is 4.99 Å². The van der Waals surface area contributed by atoms with E-state index in [1.807, 2.05) is 6.07 Å². The van der Waals surface area contributed by atoms with Crippen molar-refractivity contribution in [3.8, 4) is 6.07 Å². The summed E-state index contributed by atoms with van der Waals surface area (Å²) in [6, 6.07) is 10.0. The van der Waals surface area contributed by atoms with E-state index in [1.54, 1.807) is 0 Å². The van der Waals surface area contributed by atoms with Gasteiger partial charge in [-0.15, -0.1) is 4.99 Å². The largest absolute Gasteiger partial charge is 0.443 e. The lowest BCUT2D eigenvalue weighted by Gasteiger charge is -2.36. The molecule has 1 fully saturated rings. The highest BCUT2D eigenvalue weighted by atomic mass is 19.1. The average Bonchev–Trinajstić information content (AvgIpc) is 2.73. The van der Waals surface area contributed by atoms with Crippen LogP contribution in [-0.2, 0) is 16.1 Å². The number of ether oxygens (including phenoxy) is 1. The number of benzene rings is 2. The highest BCUT2D eigenvalue weighted by Gasteiger charge is 2.29. The lowest BCUT2D eigenvalue weighted by Crippen LogP contribution is -2.51. The van der Waals surface area contributed by atoms with Gasteiger partial charge in [0, 0.05) is 24.3 Å². The van der Waals surface area contributed by atoms with Crippen molar-refractivity contribution in [1.82, 2.24) is 0 Å². The summed E-state index contributed by atoms with van der Waals surface area (Å²) in [6.07, 6.45) is -1.09. The quantitative estimate of drug-likeness (QED) is 0.557. The van der Waals surface area contributed by atoms with Crippen molar-refractivity contribution in [3.63, 3.8) is 0 Å². The Balaban J connectivity index is 1.81. The van der Waals surface area contributed by atoms with Gasteiger partial charge in [0.05, 0.1) is 17.8 Å². The summed E-state index contributed by atoms with van der Waals surface area (Å²) in [5, 5.41) is 9.40. The first-order valence-corrected chi connectivity index (χ1v) is 9.09. The predicted octanol–water partition coefficient (Wildman–Crippen LogP) is 1.60. The van der Waals surface area contributed by atoms with Gasteiger partial charge in [0.25, 0.3) is 0 Å². The molecule has 2 aromatic rings. The third-order valence-electron chi connectivity index (χ3n) is 4.56. The van der Waals surface area contributed by atoms with Crippen LogP contribution in [0.15, 0.2) is 41.4 Å². The van der Waals surface area contributed by atoms with Crippen LogP contribution in [0.2, 0.25) is 0 Å². The second-order valence-corrected chi connectivity index (χ2v) is 6.58. The highest BCUT2D eigenvalue weighted by molar-refractivity contribution is 5.98. The van der Waals surface area contributed by atoms with Crippen molar-refractivity contribution in [2.45, 2.75) is 6.61 Å². The molecule has 4 N–H and O–H groups in total. The molecule has 2 aromatic carbocycles. The minimum Gasteiger partial charge on any atom is -0.443 e. The Labute approximate surface area is 176 Å². The van der Waals surface area contributed by atoms with Crippen molar-refractivity contribution >= 4 is 29.3 Å². The maximum absolute atomic E-state index is 15.2. The molecule has 0 aliphatic carbocycles. The highest BCUT2D eigenvalue weighted by Crippen LogP contribution is 2.29. The maximum Gasteiger partial charge on any atom is 0.437 e. The second-order valence-electron chi connectivity index (χ2n) is 6.58. The van der Waals surface area contributed by atoms with E-state index >= 15 is 4.39 Å². The topological polar surface area (TPSA) is 138 Å². The number of rotatable bonds is 4. The molecule has 0 aromatic heterocycles. The molecule has 11 heteroatoms. The van der Waals surface area contributed by atoms with Crippen molar-refractivity contribution in [1.29, 1.82) is 5.26 Å². The zero-order valence-electron chi connectivity index (χ0n) is 16.2. The Morgan fingerprint density at radius 3 is 2.48 bits per heavy atom. The van der Waals surface area contributed by atoms with Crippen LogP contribution in [0, 0.1) is 23.0 Å². The Morgan fingerprint density at radius 2 is 1.87 bits per heavy atom. The smallest absolute Gasteiger partial charge is 0.437 e. The number of hydrogen-bond acceptors (Lipinski definition) is 5. The van der Waals surface area contributed by atoms with E-state index in [4.69, 9.17) is 16.2 Å². The summed E-state index contributed by atoms with van der Waals surface area (Å²) in [6.45, 7) is -0.228. The summed E-state index contributed by atoms with van der Waals surface area (Å²) in [5.41, 5.74) is 10.6. The fourth-order valence-electron chi connectivity index (χ4n) is 3.15. The summed E-state index contributed by atoms with van der Waals surface area (Å²) in [4.78, 5) is 30.2. The number of carbonyl (C=O) groups is 2. The molecule has 31 heavy (non-hydrogen) atoms. The first-order valence-electron chi connectivity index (χ1n) is 9.09. The van der Waals surface area contributed by atoms with Crippen LogP contribution in [0.4, 0.5) is 25.0 Å². The molecule has 1 saturated heterocycles. The maximum atomic E-state index is 15.2. The van der Waals surface area contributed by atoms with Crippen molar-refractivity contribution in [3.05, 3.63) is 59.2 Å². The number of hydrogen-bond donors (Lipinski definition) is 2. The molecule has 9 nitrogen and oxygen atoms in total. The molecule has 1 aliphatic heterocycles. The van der Waals surface area contributed by atoms with Gasteiger partial charge in [-0.25, -0.2) is 13.6 Å². The Bertz CT molecular complexity index is 1080. The normalized spacial score (nSPS) is 13.5. The molecule has 0 spiro atoms. The summed E-state index contributed by atoms with van der Waals surface area (Å²) in [7, 11) is 0. The van der Waals surface area contributed by atoms with Gasteiger partial charge in [0.15, 0.2) is 11.8 Å². The lowest BCUT2D eigenvalue weighted by molar-refractivity contribution is -0.117. The SMILES string of the molecule is N#Cc1ccc(COC(=O)N=C(N)N)c(F)c1N1CCN(c2ccc(F)cc2)C(=O)C1. The van der Waals surface area contributed by atoms with E-state index in [0.29, 0.717) is 5.69 Å². The molecule has 3 rings (SSSR count). The number of halogens is 2. The zero-order valence-corrected chi connectivity index (χ0v) is 16.2. The minimum atomic E-state index is -1.09. The van der Waals surface area contributed by atoms with Crippen LogP contribution in [0.5, 0.6) is 0 Å². The van der Waals surface area contributed by atoms with E-state index in [1.165, 1.54) is 46.2 Å². The molecule has 0 saturated carbocycles. The third-order valence-corrected chi connectivity index (χ3v) is 4.56. The zero-order chi connectivity index (χ0) is 22.5. The van der Waals surface area contributed by atoms with E-state index in [-0.39, 0.29) is 42.4 Å². The van der Waals surface area contributed by atoms with Crippen molar-refractivity contribution in [2.75, 3.05) is 29.4 Å². The number of carbonyl (C=O) groups excluding carboxylic acids is 2. The van der Waals surface area contributed by atoms with Crippen LogP contribution in [0.3, 0.4) is 0 Å². The number of nitrogens with two attached hydrogens (primary N) is 2. The molecule has 0 atom stereocenters. The average molecular weight is 428 g/mol. The summed E-state index contributed by atoms with van der Waals surface area (Å²) >= 11 is 0. The number of piperazine rings is 1. The van der Waals surface area contributed by atoms with Crippen molar-refractivity contribution in [2.24, 2.45) is 16.5 Å². The molecule has 0 unspecified atom stereocenters. The first kappa shape index (κ1) is 21.5. The lowest BCUT2D eigenvalue weighted by atomic mass is 10.1. The molecule has 1 aliphatic rings. The van der Waals surface area contributed by atoms with Crippen LogP contribution in [-0.4, -0.2) is 37.6 Å². The standard InChI is InChI=1S/C20H18F2N6O3/c21-14-3-5-15(6-4-14)28-8-7-27(10-16(28)29)18-12(9-23)1-2-13(17(18)22)11-31-20(30)26-19(24)25/h1-6H,7-8,10-11H2,(H4,24,25,26,30). The first-order chi connectivity index (χ1) is 14.8. The van der Waals surface area contributed by atoms with Gasteiger partial charge >= 0.3 is 6.09 Å². The predicted molar refractivity (Wildman–Crippen MR) is 108 cm³/mol. The minimum absolute atomic E-state index is 0.0124. The van der Waals surface area contributed by atoms with E-state index in [9.17, 15) is 19.2 Å². The Kier molecular flexibility index (Phi) is 6.30. The molecule has 0 bridgehead atoms. The Morgan fingerprint density at radius 1 is 1.16 bits per heavy atom. The molecule has 0 radical (unpaired) electrons. The molecule has 1 heterocycles. The van der Waals surface area contributed by atoms with Gasteiger partial charge in [0.1, 0.15) is 18.5 Å². The van der Waals surface area contributed by atoms with Crippen LogP contribution >= 0.6 is 0 Å². The van der Waals surface area contributed by atoms with E-state index in [0.717, 1.165) is 0 Å². The second kappa shape index (κ2) is 9.08. The molecular weight excluding hydrogens is 410 g/mol. The fraction of sp³-hybridized carbons (Fsp3) is 0.200. The fourth-order valence-corrected chi connectivity index (χ4v) is 3.15. The third kappa shape index (κ3) is 4.87. The number of amides is 2. The monoisotopic (exact) mass is 428 g/mol.